The lowest BCUT2D eigenvalue weighted by Crippen LogP contribution is -2.32. The van der Waals surface area contributed by atoms with Gasteiger partial charge in [0, 0.05) is 11.4 Å². The highest BCUT2D eigenvalue weighted by atomic mass is 32.2. The molecule has 1 spiro atoms. The predicted octanol–water partition coefficient (Wildman–Crippen LogP) is 4.29. The smallest absolute Gasteiger partial charge is 0.161 e. The van der Waals surface area contributed by atoms with E-state index in [9.17, 15) is 4.39 Å². The van der Waals surface area contributed by atoms with Crippen molar-refractivity contribution < 1.29 is 4.39 Å². The number of rotatable bonds is 1. The summed E-state index contributed by atoms with van der Waals surface area (Å²) in [5, 5.41) is 4.28. The maximum Gasteiger partial charge on any atom is 0.161 e. The van der Waals surface area contributed by atoms with Crippen molar-refractivity contribution in [2.24, 2.45) is 10.9 Å². The molecule has 2 nitrogen and oxygen atoms in total. The molecule has 4 heteroatoms. The Kier molecular flexibility index (Phi) is 3.52. The van der Waals surface area contributed by atoms with E-state index in [1.165, 1.54) is 37.8 Å². The van der Waals surface area contributed by atoms with Crippen molar-refractivity contribution in [2.75, 3.05) is 11.1 Å². The molecule has 1 N–H and O–H groups in total. The summed E-state index contributed by atoms with van der Waals surface area (Å²) in [5.74, 6) is 1.73. The molecule has 19 heavy (non-hydrogen) atoms. The normalized spacial score (nSPS) is 30.4. The zero-order valence-corrected chi connectivity index (χ0v) is 12.0. The number of thioether (sulfide) groups is 1. The molecule has 1 saturated carbocycles. The molecule has 3 rings (SSSR count). The van der Waals surface area contributed by atoms with E-state index in [0.717, 1.165) is 22.5 Å². The highest BCUT2D eigenvalue weighted by molar-refractivity contribution is 8.14. The molecule has 0 saturated heterocycles. The first-order valence-electron chi connectivity index (χ1n) is 6.90. The molecule has 0 aromatic heterocycles. The van der Waals surface area contributed by atoms with E-state index >= 15 is 0 Å². The van der Waals surface area contributed by atoms with Crippen molar-refractivity contribution in [3.8, 4) is 0 Å². The molecule has 0 unspecified atom stereocenters. The van der Waals surface area contributed by atoms with Crippen LogP contribution in [0.3, 0.4) is 0 Å². The Labute approximate surface area is 117 Å². The van der Waals surface area contributed by atoms with Crippen LogP contribution in [0, 0.1) is 11.7 Å². The minimum Gasteiger partial charge on any atom is -0.335 e. The van der Waals surface area contributed by atoms with Crippen LogP contribution >= 0.6 is 11.8 Å². The van der Waals surface area contributed by atoms with Gasteiger partial charge in [0.2, 0.25) is 0 Å². The predicted molar refractivity (Wildman–Crippen MR) is 80.3 cm³/mol. The van der Waals surface area contributed by atoms with Crippen molar-refractivity contribution in [1.29, 1.82) is 0 Å². The summed E-state index contributed by atoms with van der Waals surface area (Å²) in [6.45, 7) is 2.33. The average Bonchev–Trinajstić information content (AvgIpc) is 2.80. The fraction of sp³-hybridized carbons (Fsp3) is 0.533. The third-order valence-electron chi connectivity index (χ3n) is 4.12. The van der Waals surface area contributed by atoms with Crippen molar-refractivity contribution >= 4 is 22.6 Å². The van der Waals surface area contributed by atoms with Gasteiger partial charge >= 0.3 is 0 Å². The van der Waals surface area contributed by atoms with Crippen LogP contribution in [0.5, 0.6) is 0 Å². The Morgan fingerprint density at radius 3 is 2.63 bits per heavy atom. The summed E-state index contributed by atoms with van der Waals surface area (Å²) in [7, 11) is 0. The molecule has 1 aromatic rings. The second-order valence-corrected chi connectivity index (χ2v) is 6.71. The summed E-state index contributed by atoms with van der Waals surface area (Å²) in [6, 6.07) is 6.46. The number of nitrogens with one attached hydrogen (secondary N) is 1. The summed E-state index contributed by atoms with van der Waals surface area (Å²) < 4.78 is 12.9. The lowest BCUT2D eigenvalue weighted by molar-refractivity contribution is 0.273. The molecule has 0 bridgehead atoms. The van der Waals surface area contributed by atoms with Crippen LogP contribution in [-0.2, 0) is 0 Å². The molecule has 0 radical (unpaired) electrons. The van der Waals surface area contributed by atoms with E-state index < -0.39 is 0 Å². The molecule has 1 aliphatic heterocycles. The van der Waals surface area contributed by atoms with Crippen molar-refractivity contribution in [2.45, 2.75) is 38.1 Å². The standard InChI is InChI=1S/C15H19FN2S/c1-11-6-8-15(9-7-11)10-19-14(18-15)17-13-4-2-12(16)3-5-13/h2-5,11H,6-10H2,1H3,(H,17,18). The van der Waals surface area contributed by atoms with Gasteiger partial charge in [0.15, 0.2) is 5.17 Å². The van der Waals surface area contributed by atoms with E-state index in [2.05, 4.69) is 12.2 Å². The minimum atomic E-state index is -0.204. The molecule has 0 amide bonds. The van der Waals surface area contributed by atoms with Gasteiger partial charge in [0.05, 0.1) is 5.54 Å². The topological polar surface area (TPSA) is 24.4 Å². The van der Waals surface area contributed by atoms with Gasteiger partial charge < -0.3 is 5.32 Å². The SMILES string of the molecule is CC1CCC2(CC1)CSC(Nc1ccc(F)cc1)=N2. The molecular weight excluding hydrogens is 259 g/mol. The highest BCUT2D eigenvalue weighted by Crippen LogP contribution is 2.41. The van der Waals surface area contributed by atoms with Crippen LogP contribution < -0.4 is 5.32 Å². The molecule has 1 heterocycles. The molecule has 102 valence electrons. The Bertz CT molecular complexity index is 475. The van der Waals surface area contributed by atoms with Crippen LogP contribution in [0.2, 0.25) is 0 Å². The Morgan fingerprint density at radius 1 is 1.26 bits per heavy atom. The van der Waals surface area contributed by atoms with Crippen LogP contribution in [0.1, 0.15) is 32.6 Å². The van der Waals surface area contributed by atoms with Crippen LogP contribution in [0.15, 0.2) is 29.3 Å². The fourth-order valence-electron chi connectivity index (χ4n) is 2.76. The number of amidine groups is 1. The Hall–Kier alpha value is -1.03. The molecule has 1 aromatic carbocycles. The number of hydrogen-bond acceptors (Lipinski definition) is 3. The van der Waals surface area contributed by atoms with Gasteiger partial charge in [-0.3, -0.25) is 4.99 Å². The lowest BCUT2D eigenvalue weighted by atomic mass is 9.79. The van der Waals surface area contributed by atoms with Crippen LogP contribution in [0.25, 0.3) is 0 Å². The first-order valence-corrected chi connectivity index (χ1v) is 7.89. The zero-order valence-electron chi connectivity index (χ0n) is 11.2. The number of nitrogens with zero attached hydrogens (tertiary/aromatic N) is 1. The lowest BCUT2D eigenvalue weighted by Gasteiger charge is -2.32. The monoisotopic (exact) mass is 278 g/mol. The third-order valence-corrected chi connectivity index (χ3v) is 5.27. The highest BCUT2D eigenvalue weighted by Gasteiger charge is 2.38. The summed E-state index contributed by atoms with van der Waals surface area (Å²) in [6.07, 6.45) is 4.98. The van der Waals surface area contributed by atoms with Gasteiger partial charge in [-0.05, 0) is 55.9 Å². The number of aliphatic imine (C=N–C) groups is 1. The maximum atomic E-state index is 12.9. The van der Waals surface area contributed by atoms with Crippen LogP contribution in [-0.4, -0.2) is 16.5 Å². The molecule has 1 aliphatic carbocycles. The summed E-state index contributed by atoms with van der Waals surface area (Å²) >= 11 is 1.79. The van der Waals surface area contributed by atoms with E-state index in [-0.39, 0.29) is 11.4 Å². The Balaban J connectivity index is 1.68. The summed E-state index contributed by atoms with van der Waals surface area (Å²) in [4.78, 5) is 4.91. The second-order valence-electron chi connectivity index (χ2n) is 5.74. The van der Waals surface area contributed by atoms with Crippen molar-refractivity contribution in [3.05, 3.63) is 30.1 Å². The molecule has 1 fully saturated rings. The van der Waals surface area contributed by atoms with E-state index in [0.29, 0.717) is 0 Å². The van der Waals surface area contributed by atoms with Crippen molar-refractivity contribution in [3.63, 3.8) is 0 Å². The number of benzene rings is 1. The number of anilines is 1. The van der Waals surface area contributed by atoms with Crippen molar-refractivity contribution in [1.82, 2.24) is 0 Å². The van der Waals surface area contributed by atoms with Gasteiger partial charge in [0.25, 0.3) is 0 Å². The van der Waals surface area contributed by atoms with Gasteiger partial charge in [-0.1, -0.05) is 18.7 Å². The maximum absolute atomic E-state index is 12.9. The molecule has 2 aliphatic rings. The van der Waals surface area contributed by atoms with Gasteiger partial charge in [-0.25, -0.2) is 4.39 Å². The molecule has 0 atom stereocenters. The Morgan fingerprint density at radius 2 is 1.95 bits per heavy atom. The van der Waals surface area contributed by atoms with E-state index in [4.69, 9.17) is 4.99 Å². The largest absolute Gasteiger partial charge is 0.335 e. The van der Waals surface area contributed by atoms with E-state index in [1.54, 1.807) is 23.9 Å². The quantitative estimate of drug-likeness (QED) is 0.828. The van der Waals surface area contributed by atoms with E-state index in [1.807, 2.05) is 0 Å². The van der Waals surface area contributed by atoms with Crippen LogP contribution in [0.4, 0.5) is 10.1 Å². The number of hydrogen-bond donors (Lipinski definition) is 1. The summed E-state index contributed by atoms with van der Waals surface area (Å²) in [5.41, 5.74) is 1.08. The molecular formula is C15H19FN2S. The third kappa shape index (κ3) is 2.94. The van der Waals surface area contributed by atoms with Gasteiger partial charge in [0.1, 0.15) is 5.82 Å². The average molecular weight is 278 g/mol. The number of halogens is 1. The fourth-order valence-corrected chi connectivity index (χ4v) is 3.97. The minimum absolute atomic E-state index is 0.166. The first-order chi connectivity index (χ1) is 9.15. The second kappa shape index (κ2) is 5.16. The van der Waals surface area contributed by atoms with Gasteiger partial charge in [-0.15, -0.1) is 0 Å². The first kappa shape index (κ1) is 13.0. The van der Waals surface area contributed by atoms with Gasteiger partial charge in [-0.2, -0.15) is 0 Å². The zero-order chi connectivity index (χ0) is 13.3.